The first-order valence-corrected chi connectivity index (χ1v) is 6.21. The van der Waals surface area contributed by atoms with E-state index in [1.54, 1.807) is 25.4 Å². The Morgan fingerprint density at radius 3 is 2.78 bits per heavy atom. The fourth-order valence-corrected chi connectivity index (χ4v) is 2.01. The summed E-state index contributed by atoms with van der Waals surface area (Å²) in [5.74, 6) is -1.22. The number of carboxylic acid groups (broad SMARTS) is 1. The smallest absolute Gasteiger partial charge is 0.328 e. The van der Waals surface area contributed by atoms with E-state index in [0.29, 0.717) is 10.4 Å². The number of likely N-dealkylation sites (N-methyl/N-ethyl adjacent to an activating group) is 1. The summed E-state index contributed by atoms with van der Waals surface area (Å²) in [5.41, 5.74) is 0.493. The van der Waals surface area contributed by atoms with Crippen LogP contribution in [0, 0.1) is 0 Å². The normalized spacial score (nSPS) is 12.6. The van der Waals surface area contributed by atoms with Gasteiger partial charge in [0, 0.05) is 23.4 Å². The van der Waals surface area contributed by atoms with Crippen molar-refractivity contribution in [3.8, 4) is 0 Å². The molecule has 1 heterocycles. The predicted octanol–water partition coefficient (Wildman–Crippen LogP) is 1.30. The van der Waals surface area contributed by atoms with E-state index in [1.807, 2.05) is 0 Å². The highest BCUT2D eigenvalue weighted by Crippen LogP contribution is 2.18. The van der Waals surface area contributed by atoms with Gasteiger partial charge in [-0.15, -0.1) is 11.3 Å². The first-order valence-electron chi connectivity index (χ1n) is 5.33. The number of hydrogen-bond donors (Lipinski definition) is 2. The molecule has 0 fully saturated rings. The van der Waals surface area contributed by atoms with Crippen molar-refractivity contribution < 1.29 is 19.8 Å². The number of thiophene rings is 1. The number of carbonyl (C=O) groups is 2. The summed E-state index contributed by atoms with van der Waals surface area (Å²) in [6.45, 7) is 1.65. The van der Waals surface area contributed by atoms with Gasteiger partial charge in [0.1, 0.15) is 0 Å². The number of amides is 1. The quantitative estimate of drug-likeness (QED) is 0.790. The van der Waals surface area contributed by atoms with E-state index < -0.39 is 5.97 Å². The highest BCUT2D eigenvalue weighted by atomic mass is 32.1. The lowest BCUT2D eigenvalue weighted by Crippen LogP contribution is -2.37. The molecule has 1 amide bonds. The van der Waals surface area contributed by atoms with Gasteiger partial charge in [-0.25, -0.2) is 4.79 Å². The van der Waals surface area contributed by atoms with Gasteiger partial charge in [0.2, 0.25) is 0 Å². The third kappa shape index (κ3) is 3.68. The molecular weight excluding hydrogens is 254 g/mol. The van der Waals surface area contributed by atoms with E-state index >= 15 is 0 Å². The van der Waals surface area contributed by atoms with Crippen LogP contribution in [0.2, 0.25) is 0 Å². The summed E-state index contributed by atoms with van der Waals surface area (Å²) in [7, 11) is 1.62. The minimum Gasteiger partial charge on any atom is -0.478 e. The number of hydrogen-bond acceptors (Lipinski definition) is 4. The van der Waals surface area contributed by atoms with Crippen LogP contribution in [0.3, 0.4) is 0 Å². The fraction of sp³-hybridized carbons (Fsp3) is 0.333. The number of rotatable bonds is 5. The molecule has 0 saturated carbocycles. The Morgan fingerprint density at radius 2 is 2.22 bits per heavy atom. The Bertz CT molecular complexity index is 466. The second kappa shape index (κ2) is 6.32. The number of carbonyl (C=O) groups excluding carboxylic acids is 1. The van der Waals surface area contributed by atoms with Gasteiger partial charge in [0.25, 0.3) is 5.91 Å². The van der Waals surface area contributed by atoms with E-state index in [-0.39, 0.29) is 18.6 Å². The summed E-state index contributed by atoms with van der Waals surface area (Å²) in [6.07, 6.45) is 2.47. The molecule has 0 aliphatic carbocycles. The van der Waals surface area contributed by atoms with Crippen molar-refractivity contribution in [3.05, 3.63) is 28.0 Å². The van der Waals surface area contributed by atoms with Gasteiger partial charge in [-0.05, 0) is 19.1 Å². The molecule has 0 aromatic carbocycles. The SMILES string of the molecule is CC(CO)N(C)C(=O)c1csc(/C=C/C(=O)O)c1. The average molecular weight is 269 g/mol. The second-order valence-corrected chi connectivity index (χ2v) is 4.80. The van der Waals surface area contributed by atoms with Gasteiger partial charge in [-0.2, -0.15) is 0 Å². The van der Waals surface area contributed by atoms with Crippen LogP contribution in [0.4, 0.5) is 0 Å². The molecule has 0 saturated heterocycles. The lowest BCUT2D eigenvalue weighted by Gasteiger charge is -2.22. The molecule has 0 bridgehead atoms. The van der Waals surface area contributed by atoms with Crippen LogP contribution in [0.5, 0.6) is 0 Å². The molecule has 1 aromatic rings. The Morgan fingerprint density at radius 1 is 1.56 bits per heavy atom. The maximum Gasteiger partial charge on any atom is 0.328 e. The van der Waals surface area contributed by atoms with Crippen LogP contribution < -0.4 is 0 Å². The van der Waals surface area contributed by atoms with Gasteiger partial charge in [0.05, 0.1) is 18.2 Å². The lowest BCUT2D eigenvalue weighted by atomic mass is 10.2. The number of aliphatic carboxylic acids is 1. The number of carboxylic acids is 1. The van der Waals surface area contributed by atoms with Crippen molar-refractivity contribution >= 4 is 29.3 Å². The summed E-state index contributed by atoms with van der Waals surface area (Å²) in [5, 5.41) is 19.2. The van der Waals surface area contributed by atoms with E-state index in [4.69, 9.17) is 10.2 Å². The molecule has 1 aromatic heterocycles. The largest absolute Gasteiger partial charge is 0.478 e. The predicted molar refractivity (Wildman–Crippen MR) is 69.6 cm³/mol. The Hall–Kier alpha value is -1.66. The van der Waals surface area contributed by atoms with Gasteiger partial charge < -0.3 is 15.1 Å². The van der Waals surface area contributed by atoms with E-state index in [1.165, 1.54) is 22.3 Å². The zero-order valence-electron chi connectivity index (χ0n) is 10.2. The Balaban J connectivity index is 2.79. The van der Waals surface area contributed by atoms with Crippen LogP contribution in [0.15, 0.2) is 17.5 Å². The van der Waals surface area contributed by atoms with Crippen LogP contribution >= 0.6 is 11.3 Å². The molecule has 0 aliphatic rings. The van der Waals surface area contributed by atoms with Crippen molar-refractivity contribution in [2.24, 2.45) is 0 Å². The van der Waals surface area contributed by atoms with E-state index in [0.717, 1.165) is 6.08 Å². The summed E-state index contributed by atoms with van der Waals surface area (Å²) < 4.78 is 0. The average Bonchev–Trinajstić information content (AvgIpc) is 2.82. The summed E-state index contributed by atoms with van der Waals surface area (Å²) in [4.78, 5) is 24.5. The zero-order valence-corrected chi connectivity index (χ0v) is 11.0. The van der Waals surface area contributed by atoms with Crippen molar-refractivity contribution in [2.75, 3.05) is 13.7 Å². The minimum atomic E-state index is -1.03. The zero-order chi connectivity index (χ0) is 13.7. The molecule has 5 nitrogen and oxygen atoms in total. The molecule has 2 N–H and O–H groups in total. The molecule has 0 radical (unpaired) electrons. The lowest BCUT2D eigenvalue weighted by molar-refractivity contribution is -0.131. The van der Waals surface area contributed by atoms with Crippen molar-refractivity contribution in [2.45, 2.75) is 13.0 Å². The van der Waals surface area contributed by atoms with Crippen molar-refractivity contribution in [3.63, 3.8) is 0 Å². The number of nitrogens with zero attached hydrogens (tertiary/aromatic N) is 1. The molecule has 6 heteroatoms. The summed E-state index contributed by atoms with van der Waals surface area (Å²) >= 11 is 1.30. The Kier molecular flexibility index (Phi) is 5.06. The topological polar surface area (TPSA) is 77.8 Å². The van der Waals surface area contributed by atoms with E-state index in [9.17, 15) is 9.59 Å². The molecule has 1 rings (SSSR count). The molecule has 18 heavy (non-hydrogen) atoms. The highest BCUT2D eigenvalue weighted by molar-refractivity contribution is 7.11. The van der Waals surface area contributed by atoms with Crippen molar-refractivity contribution in [1.82, 2.24) is 4.90 Å². The van der Waals surface area contributed by atoms with Gasteiger partial charge >= 0.3 is 5.97 Å². The van der Waals surface area contributed by atoms with Gasteiger partial charge in [-0.3, -0.25) is 4.79 Å². The number of aliphatic hydroxyl groups is 1. The van der Waals surface area contributed by atoms with Crippen LogP contribution in [-0.2, 0) is 4.79 Å². The third-order valence-electron chi connectivity index (χ3n) is 2.50. The Labute approximate surface area is 109 Å². The molecule has 98 valence electrons. The minimum absolute atomic E-state index is 0.0991. The first kappa shape index (κ1) is 14.4. The van der Waals surface area contributed by atoms with Gasteiger partial charge in [-0.1, -0.05) is 0 Å². The number of aliphatic hydroxyl groups excluding tert-OH is 1. The first-order chi connectivity index (χ1) is 8.45. The summed E-state index contributed by atoms with van der Waals surface area (Å²) in [6, 6.07) is 1.38. The fourth-order valence-electron chi connectivity index (χ4n) is 1.23. The molecular formula is C12H15NO4S. The molecule has 0 aliphatic heterocycles. The van der Waals surface area contributed by atoms with Crippen LogP contribution in [0.25, 0.3) is 6.08 Å². The maximum atomic E-state index is 12.0. The molecule has 1 atom stereocenters. The molecule has 0 spiro atoms. The van der Waals surface area contributed by atoms with Crippen LogP contribution in [0.1, 0.15) is 22.2 Å². The maximum absolute atomic E-state index is 12.0. The highest BCUT2D eigenvalue weighted by Gasteiger charge is 2.17. The third-order valence-corrected chi connectivity index (χ3v) is 3.40. The van der Waals surface area contributed by atoms with Crippen LogP contribution in [-0.4, -0.2) is 46.7 Å². The van der Waals surface area contributed by atoms with Gasteiger partial charge in [0.15, 0.2) is 0 Å². The monoisotopic (exact) mass is 269 g/mol. The standard InChI is InChI=1S/C12H15NO4S/c1-8(6-14)13(2)12(17)9-5-10(18-7-9)3-4-11(15)16/h3-5,7-8,14H,6H2,1-2H3,(H,15,16)/b4-3+. The van der Waals surface area contributed by atoms with Crippen molar-refractivity contribution in [1.29, 1.82) is 0 Å². The molecule has 1 unspecified atom stereocenters. The van der Waals surface area contributed by atoms with E-state index in [2.05, 4.69) is 0 Å². The second-order valence-electron chi connectivity index (χ2n) is 3.86.